The molecule has 0 saturated heterocycles. The summed E-state index contributed by atoms with van der Waals surface area (Å²) in [6.07, 6.45) is 1.46. The van der Waals surface area contributed by atoms with Gasteiger partial charge in [-0.15, -0.1) is 0 Å². The molecule has 6 heteroatoms. The molecule has 1 aliphatic heterocycles. The summed E-state index contributed by atoms with van der Waals surface area (Å²) in [6, 6.07) is 5.27. The van der Waals surface area contributed by atoms with Gasteiger partial charge in [-0.2, -0.15) is 0 Å². The molecule has 0 bridgehead atoms. The molecule has 0 radical (unpaired) electrons. The Morgan fingerprint density at radius 1 is 1.14 bits per heavy atom. The van der Waals surface area contributed by atoms with Crippen LogP contribution < -0.4 is 9.47 Å². The Kier molecular flexibility index (Phi) is 5.41. The molecule has 0 aliphatic carbocycles. The number of hydrogen-bond donors (Lipinski definition) is 0. The van der Waals surface area contributed by atoms with Crippen LogP contribution in [-0.4, -0.2) is 31.9 Å². The van der Waals surface area contributed by atoms with Crippen molar-refractivity contribution >= 4 is 18.0 Å². The van der Waals surface area contributed by atoms with Crippen LogP contribution in [0.1, 0.15) is 25.8 Å². The number of esters is 2. The molecule has 1 aliphatic rings. The average Bonchev–Trinajstić information content (AvgIpc) is 2.94. The van der Waals surface area contributed by atoms with Crippen molar-refractivity contribution < 1.29 is 28.5 Å². The summed E-state index contributed by atoms with van der Waals surface area (Å²) in [5, 5.41) is 0. The third-order valence-electron chi connectivity index (χ3n) is 2.92. The molecule has 2 rings (SSSR count). The zero-order valence-corrected chi connectivity index (χ0v) is 12.6. The first-order valence-corrected chi connectivity index (χ1v) is 7.07. The summed E-state index contributed by atoms with van der Waals surface area (Å²) in [6.45, 7) is 4.10. The highest BCUT2D eigenvalue weighted by Gasteiger charge is 2.17. The van der Waals surface area contributed by atoms with E-state index in [1.165, 1.54) is 0 Å². The predicted octanol–water partition coefficient (Wildman–Crippen LogP) is 2.32. The number of hydrogen-bond acceptors (Lipinski definition) is 6. The summed E-state index contributed by atoms with van der Waals surface area (Å²) >= 11 is 0. The van der Waals surface area contributed by atoms with Crippen molar-refractivity contribution in [3.63, 3.8) is 0 Å². The summed E-state index contributed by atoms with van der Waals surface area (Å²) in [4.78, 5) is 23.6. The van der Waals surface area contributed by atoms with E-state index < -0.39 is 11.9 Å². The number of rotatable bonds is 6. The van der Waals surface area contributed by atoms with Gasteiger partial charge in [0.15, 0.2) is 11.5 Å². The minimum absolute atomic E-state index is 0.138. The summed E-state index contributed by atoms with van der Waals surface area (Å²) in [7, 11) is 0. The molecule has 0 spiro atoms. The maximum atomic E-state index is 12.0. The number of ether oxygens (including phenoxy) is 4. The molecule has 0 N–H and O–H groups in total. The van der Waals surface area contributed by atoms with E-state index in [1.54, 1.807) is 38.1 Å². The van der Waals surface area contributed by atoms with E-state index in [4.69, 9.17) is 18.9 Å². The van der Waals surface area contributed by atoms with E-state index in [-0.39, 0.29) is 32.0 Å². The topological polar surface area (TPSA) is 71.1 Å². The third kappa shape index (κ3) is 4.00. The molecule has 0 atom stereocenters. The highest BCUT2D eigenvalue weighted by Crippen LogP contribution is 2.33. The van der Waals surface area contributed by atoms with E-state index in [9.17, 15) is 9.59 Å². The lowest BCUT2D eigenvalue weighted by Gasteiger charge is -2.07. The van der Waals surface area contributed by atoms with Crippen molar-refractivity contribution in [2.45, 2.75) is 20.3 Å². The molecular formula is C16H18O6. The van der Waals surface area contributed by atoms with Gasteiger partial charge in [0.25, 0.3) is 0 Å². The summed E-state index contributed by atoms with van der Waals surface area (Å²) in [5.41, 5.74) is 0.954. The number of fused-ring (bicyclic) bond motifs is 1. The molecule has 1 aromatic carbocycles. The average molecular weight is 306 g/mol. The molecule has 6 nitrogen and oxygen atoms in total. The fourth-order valence-corrected chi connectivity index (χ4v) is 1.98. The second kappa shape index (κ2) is 7.49. The molecule has 0 amide bonds. The molecule has 1 heterocycles. The summed E-state index contributed by atoms with van der Waals surface area (Å²) < 4.78 is 20.4. The van der Waals surface area contributed by atoms with E-state index in [1.807, 2.05) is 0 Å². The lowest BCUT2D eigenvalue weighted by atomic mass is 10.1. The number of benzene rings is 1. The normalized spacial score (nSPS) is 12.9. The van der Waals surface area contributed by atoms with Crippen LogP contribution in [-0.2, 0) is 19.1 Å². The first kappa shape index (κ1) is 15.9. The van der Waals surface area contributed by atoms with Crippen molar-refractivity contribution in [3.05, 3.63) is 29.3 Å². The fourth-order valence-electron chi connectivity index (χ4n) is 1.98. The van der Waals surface area contributed by atoms with Crippen LogP contribution in [0.5, 0.6) is 11.5 Å². The number of carbonyl (C=O) groups excluding carboxylic acids is 2. The van der Waals surface area contributed by atoms with Gasteiger partial charge in [0, 0.05) is 5.57 Å². The van der Waals surface area contributed by atoms with Gasteiger partial charge in [0.05, 0.1) is 19.6 Å². The standard InChI is InChI=1S/C16H18O6/c1-3-19-15(17)9-12(16(18)20-4-2)7-11-5-6-13-14(8-11)22-10-21-13/h5-8H,3-4,9-10H2,1-2H3/b12-7+. The molecule has 0 fully saturated rings. The van der Waals surface area contributed by atoms with Gasteiger partial charge in [-0.05, 0) is 37.6 Å². The minimum atomic E-state index is -0.534. The van der Waals surface area contributed by atoms with Gasteiger partial charge in [-0.25, -0.2) is 4.79 Å². The first-order valence-electron chi connectivity index (χ1n) is 7.07. The van der Waals surface area contributed by atoms with E-state index in [2.05, 4.69) is 0 Å². The monoisotopic (exact) mass is 306 g/mol. The Labute approximate surface area is 128 Å². The van der Waals surface area contributed by atoms with Gasteiger partial charge < -0.3 is 18.9 Å². The van der Waals surface area contributed by atoms with Gasteiger partial charge in [0.1, 0.15) is 0 Å². The lowest BCUT2D eigenvalue weighted by molar-refractivity contribution is -0.145. The molecule has 0 saturated carbocycles. The second-order valence-corrected chi connectivity index (χ2v) is 4.48. The highest BCUT2D eigenvalue weighted by atomic mass is 16.7. The highest BCUT2D eigenvalue weighted by molar-refractivity contribution is 5.98. The largest absolute Gasteiger partial charge is 0.466 e. The molecule has 0 aromatic heterocycles. The Balaban J connectivity index is 2.22. The Morgan fingerprint density at radius 3 is 2.59 bits per heavy atom. The zero-order chi connectivity index (χ0) is 15.9. The van der Waals surface area contributed by atoms with Crippen molar-refractivity contribution in [1.29, 1.82) is 0 Å². The Bertz CT molecular complexity index is 590. The molecule has 1 aromatic rings. The van der Waals surface area contributed by atoms with Gasteiger partial charge >= 0.3 is 11.9 Å². The number of carbonyl (C=O) groups is 2. The van der Waals surface area contributed by atoms with Crippen molar-refractivity contribution in [2.75, 3.05) is 20.0 Å². The van der Waals surface area contributed by atoms with Gasteiger partial charge in [-0.1, -0.05) is 6.07 Å². The third-order valence-corrected chi connectivity index (χ3v) is 2.92. The van der Waals surface area contributed by atoms with Crippen molar-refractivity contribution in [2.24, 2.45) is 0 Å². The van der Waals surface area contributed by atoms with E-state index in [0.717, 1.165) is 5.56 Å². The van der Waals surface area contributed by atoms with Crippen LogP contribution in [0, 0.1) is 0 Å². The smallest absolute Gasteiger partial charge is 0.334 e. The Morgan fingerprint density at radius 2 is 1.86 bits per heavy atom. The fraction of sp³-hybridized carbons (Fsp3) is 0.375. The van der Waals surface area contributed by atoms with Gasteiger partial charge in [0.2, 0.25) is 6.79 Å². The maximum Gasteiger partial charge on any atom is 0.334 e. The Hall–Kier alpha value is -2.50. The first-order chi connectivity index (χ1) is 10.6. The molecule has 22 heavy (non-hydrogen) atoms. The van der Waals surface area contributed by atoms with Crippen LogP contribution >= 0.6 is 0 Å². The molecular weight excluding hydrogens is 288 g/mol. The SMILES string of the molecule is CCOC(=O)C/C(=C\c1ccc2c(c1)OCO2)C(=O)OCC. The van der Waals surface area contributed by atoms with E-state index in [0.29, 0.717) is 11.5 Å². The van der Waals surface area contributed by atoms with Crippen LogP contribution in [0.15, 0.2) is 23.8 Å². The van der Waals surface area contributed by atoms with Crippen LogP contribution in [0.2, 0.25) is 0 Å². The van der Waals surface area contributed by atoms with Crippen LogP contribution in [0.3, 0.4) is 0 Å². The van der Waals surface area contributed by atoms with Crippen LogP contribution in [0.25, 0.3) is 6.08 Å². The maximum absolute atomic E-state index is 12.0. The predicted molar refractivity (Wildman–Crippen MR) is 78.4 cm³/mol. The molecule has 0 unspecified atom stereocenters. The van der Waals surface area contributed by atoms with Crippen LogP contribution in [0.4, 0.5) is 0 Å². The second-order valence-electron chi connectivity index (χ2n) is 4.48. The molecule has 118 valence electrons. The quantitative estimate of drug-likeness (QED) is 0.593. The summed E-state index contributed by atoms with van der Waals surface area (Å²) in [5.74, 6) is 0.254. The van der Waals surface area contributed by atoms with Gasteiger partial charge in [-0.3, -0.25) is 4.79 Å². The lowest BCUT2D eigenvalue weighted by Crippen LogP contribution is -2.13. The van der Waals surface area contributed by atoms with Crippen molar-refractivity contribution in [1.82, 2.24) is 0 Å². The van der Waals surface area contributed by atoms with E-state index >= 15 is 0 Å². The minimum Gasteiger partial charge on any atom is -0.466 e. The zero-order valence-electron chi connectivity index (χ0n) is 12.6. The van der Waals surface area contributed by atoms with Crippen molar-refractivity contribution in [3.8, 4) is 11.5 Å².